The molecule has 1 N–H and O–H groups in total. The van der Waals surface area contributed by atoms with E-state index in [4.69, 9.17) is 23.2 Å². The van der Waals surface area contributed by atoms with E-state index in [9.17, 15) is 4.79 Å². The molecule has 0 fully saturated rings. The summed E-state index contributed by atoms with van der Waals surface area (Å²) >= 11 is 15.3. The molecule has 2 aromatic carbocycles. The fraction of sp³-hybridized carbons (Fsp3) is 0.0625. The van der Waals surface area contributed by atoms with E-state index in [0.717, 1.165) is 15.4 Å². The molecular weight excluding hydrogens is 387 g/mol. The minimum absolute atomic E-state index is 0.148. The Bertz CT molecular complexity index is 860. The van der Waals surface area contributed by atoms with Crippen LogP contribution in [0.3, 0.4) is 0 Å². The molecule has 0 spiro atoms. The second kappa shape index (κ2) is 6.32. The molecule has 0 saturated carbocycles. The van der Waals surface area contributed by atoms with Crippen LogP contribution in [0.5, 0.6) is 0 Å². The Balaban J connectivity index is 1.78. The lowest BCUT2D eigenvalue weighted by atomic mass is 10.2. The number of rotatable bonds is 3. The van der Waals surface area contributed by atoms with Gasteiger partial charge < -0.3 is 9.88 Å². The number of fused-ring (bicyclic) bond motifs is 1. The van der Waals surface area contributed by atoms with Crippen LogP contribution in [0.1, 0.15) is 0 Å². The largest absolute Gasteiger partial charge is 0.338 e. The van der Waals surface area contributed by atoms with E-state index in [1.165, 1.54) is 0 Å². The van der Waals surface area contributed by atoms with Gasteiger partial charge in [-0.1, -0.05) is 39.1 Å². The molecule has 0 atom stereocenters. The van der Waals surface area contributed by atoms with Crippen molar-refractivity contribution in [3.8, 4) is 0 Å². The SMILES string of the molecule is O=C(Cn1ccc2cc(Br)ccc21)Nc1ccc(Cl)cc1Cl. The Morgan fingerprint density at radius 1 is 1.14 bits per heavy atom. The van der Waals surface area contributed by atoms with Crippen LogP contribution in [0.15, 0.2) is 53.1 Å². The predicted molar refractivity (Wildman–Crippen MR) is 94.7 cm³/mol. The van der Waals surface area contributed by atoms with Crippen molar-refractivity contribution in [3.05, 3.63) is 63.2 Å². The van der Waals surface area contributed by atoms with Gasteiger partial charge >= 0.3 is 0 Å². The molecule has 0 aliphatic carbocycles. The van der Waals surface area contributed by atoms with E-state index in [2.05, 4.69) is 21.2 Å². The summed E-state index contributed by atoms with van der Waals surface area (Å²) in [6.45, 7) is 0.212. The number of hydrogen-bond donors (Lipinski definition) is 1. The van der Waals surface area contributed by atoms with Gasteiger partial charge in [-0.15, -0.1) is 0 Å². The maximum absolute atomic E-state index is 12.2. The highest BCUT2D eigenvalue weighted by atomic mass is 79.9. The summed E-state index contributed by atoms with van der Waals surface area (Å²) in [6.07, 6.45) is 1.89. The lowest BCUT2D eigenvalue weighted by molar-refractivity contribution is -0.116. The molecule has 22 heavy (non-hydrogen) atoms. The first kappa shape index (κ1) is 15.4. The van der Waals surface area contributed by atoms with Crippen molar-refractivity contribution in [1.29, 1.82) is 0 Å². The smallest absolute Gasteiger partial charge is 0.244 e. The van der Waals surface area contributed by atoms with Gasteiger partial charge in [0.15, 0.2) is 0 Å². The number of aromatic nitrogens is 1. The Labute approximate surface area is 146 Å². The van der Waals surface area contributed by atoms with Gasteiger partial charge in [-0.2, -0.15) is 0 Å². The molecule has 0 unspecified atom stereocenters. The highest BCUT2D eigenvalue weighted by Crippen LogP contribution is 2.25. The van der Waals surface area contributed by atoms with Gasteiger partial charge in [-0.3, -0.25) is 4.79 Å². The number of amides is 1. The molecule has 0 aliphatic rings. The van der Waals surface area contributed by atoms with Gasteiger partial charge in [0, 0.05) is 26.6 Å². The van der Waals surface area contributed by atoms with E-state index in [1.54, 1.807) is 18.2 Å². The van der Waals surface area contributed by atoms with Crippen LogP contribution in [0.4, 0.5) is 5.69 Å². The Morgan fingerprint density at radius 3 is 2.73 bits per heavy atom. The average Bonchev–Trinajstić information content (AvgIpc) is 2.84. The first-order valence-corrected chi connectivity index (χ1v) is 8.07. The standard InChI is InChI=1S/C16H11BrCl2N2O/c17-11-1-4-15-10(7-11)5-6-21(15)9-16(22)20-14-3-2-12(18)8-13(14)19/h1-8H,9H2,(H,20,22). The molecule has 1 aromatic heterocycles. The van der Waals surface area contributed by atoms with E-state index in [1.807, 2.05) is 35.0 Å². The first-order chi connectivity index (χ1) is 10.5. The van der Waals surface area contributed by atoms with Crippen molar-refractivity contribution in [2.75, 3.05) is 5.32 Å². The third kappa shape index (κ3) is 3.29. The molecule has 0 aliphatic heterocycles. The fourth-order valence-electron chi connectivity index (χ4n) is 2.24. The molecule has 1 heterocycles. The molecule has 3 aromatic rings. The normalized spacial score (nSPS) is 10.9. The van der Waals surface area contributed by atoms with Crippen LogP contribution < -0.4 is 5.32 Å². The number of carbonyl (C=O) groups excluding carboxylic acids is 1. The van der Waals surface area contributed by atoms with Crippen LogP contribution in [-0.4, -0.2) is 10.5 Å². The Kier molecular flexibility index (Phi) is 4.43. The molecule has 0 saturated heterocycles. The van der Waals surface area contributed by atoms with Gasteiger partial charge in [-0.05, 0) is 42.5 Å². The maximum Gasteiger partial charge on any atom is 0.244 e. The van der Waals surface area contributed by atoms with Gasteiger partial charge in [0.2, 0.25) is 5.91 Å². The number of benzene rings is 2. The third-order valence-electron chi connectivity index (χ3n) is 3.25. The number of carbonyl (C=O) groups is 1. The predicted octanol–water partition coefficient (Wildman–Crippen LogP) is 5.35. The third-order valence-corrected chi connectivity index (χ3v) is 4.29. The highest BCUT2D eigenvalue weighted by molar-refractivity contribution is 9.10. The van der Waals surface area contributed by atoms with E-state index < -0.39 is 0 Å². The topological polar surface area (TPSA) is 34.0 Å². The zero-order valence-corrected chi connectivity index (χ0v) is 14.4. The lowest BCUT2D eigenvalue weighted by Gasteiger charge is -2.09. The zero-order valence-electron chi connectivity index (χ0n) is 11.3. The zero-order chi connectivity index (χ0) is 15.7. The highest BCUT2D eigenvalue weighted by Gasteiger charge is 2.09. The van der Waals surface area contributed by atoms with Crippen LogP contribution in [-0.2, 0) is 11.3 Å². The Hall–Kier alpha value is -1.49. The van der Waals surface area contributed by atoms with Crippen molar-refractivity contribution in [2.45, 2.75) is 6.54 Å². The van der Waals surface area contributed by atoms with Gasteiger partial charge in [0.1, 0.15) is 6.54 Å². The van der Waals surface area contributed by atoms with Gasteiger partial charge in [0.05, 0.1) is 10.7 Å². The van der Waals surface area contributed by atoms with Crippen LogP contribution in [0.25, 0.3) is 10.9 Å². The summed E-state index contributed by atoms with van der Waals surface area (Å²) in [4.78, 5) is 12.2. The number of anilines is 1. The lowest BCUT2D eigenvalue weighted by Crippen LogP contribution is -2.18. The molecule has 0 bridgehead atoms. The molecule has 3 nitrogen and oxygen atoms in total. The van der Waals surface area contributed by atoms with E-state index >= 15 is 0 Å². The molecular formula is C16H11BrCl2N2O. The summed E-state index contributed by atoms with van der Waals surface area (Å²) in [6, 6.07) is 12.9. The minimum atomic E-state index is -0.148. The molecule has 0 radical (unpaired) electrons. The van der Waals surface area contributed by atoms with Crippen molar-refractivity contribution in [3.63, 3.8) is 0 Å². The molecule has 112 valence electrons. The van der Waals surface area contributed by atoms with E-state index in [0.29, 0.717) is 15.7 Å². The quantitative estimate of drug-likeness (QED) is 0.635. The molecule has 3 rings (SSSR count). The molecule has 6 heteroatoms. The first-order valence-electron chi connectivity index (χ1n) is 6.52. The number of halogens is 3. The second-order valence-corrected chi connectivity index (χ2v) is 6.58. The van der Waals surface area contributed by atoms with Crippen molar-refractivity contribution in [2.24, 2.45) is 0 Å². The van der Waals surface area contributed by atoms with Crippen molar-refractivity contribution < 1.29 is 4.79 Å². The Morgan fingerprint density at radius 2 is 1.95 bits per heavy atom. The average molecular weight is 398 g/mol. The number of hydrogen-bond acceptors (Lipinski definition) is 1. The number of nitrogens with one attached hydrogen (secondary N) is 1. The summed E-state index contributed by atoms with van der Waals surface area (Å²) in [5.74, 6) is -0.148. The molecule has 1 amide bonds. The van der Waals surface area contributed by atoms with Gasteiger partial charge in [-0.25, -0.2) is 0 Å². The minimum Gasteiger partial charge on any atom is -0.338 e. The second-order valence-electron chi connectivity index (χ2n) is 4.82. The fourth-order valence-corrected chi connectivity index (χ4v) is 3.08. The van der Waals surface area contributed by atoms with Crippen LogP contribution >= 0.6 is 39.1 Å². The summed E-state index contributed by atoms with van der Waals surface area (Å²) in [7, 11) is 0. The van der Waals surface area contributed by atoms with Gasteiger partial charge in [0.25, 0.3) is 0 Å². The van der Waals surface area contributed by atoms with E-state index in [-0.39, 0.29) is 12.5 Å². The summed E-state index contributed by atoms with van der Waals surface area (Å²) < 4.78 is 2.90. The monoisotopic (exact) mass is 396 g/mol. The van der Waals surface area contributed by atoms with Crippen molar-refractivity contribution >= 4 is 61.6 Å². The summed E-state index contributed by atoms with van der Waals surface area (Å²) in [5, 5.41) is 4.82. The summed E-state index contributed by atoms with van der Waals surface area (Å²) in [5.41, 5.74) is 1.55. The van der Waals surface area contributed by atoms with Crippen molar-refractivity contribution in [1.82, 2.24) is 4.57 Å². The number of nitrogens with zero attached hydrogens (tertiary/aromatic N) is 1. The van der Waals surface area contributed by atoms with Crippen LogP contribution in [0, 0.1) is 0 Å². The maximum atomic E-state index is 12.2. The van der Waals surface area contributed by atoms with Crippen LogP contribution in [0.2, 0.25) is 10.0 Å².